The van der Waals surface area contributed by atoms with Crippen molar-refractivity contribution < 1.29 is 63.9 Å². The first kappa shape index (κ1) is 43.2. The molecule has 1 heterocycles. The van der Waals surface area contributed by atoms with Crippen molar-refractivity contribution in [1.29, 1.82) is 0 Å². The zero-order chi connectivity index (χ0) is 41.2. The van der Waals surface area contributed by atoms with Gasteiger partial charge in [-0.05, 0) is 61.7 Å². The quantitative estimate of drug-likeness (QED) is 0.0779. The molecular formula is C39H53F3O11SSi. The molecule has 1 N–H and O–H groups in total. The minimum Gasteiger partial charge on any atom is -0.455 e. The second-order valence-electron chi connectivity index (χ2n) is 16.2. The maximum Gasteiger partial charge on any atom is 0.523 e. The van der Waals surface area contributed by atoms with Gasteiger partial charge in [-0.15, -0.1) is 6.58 Å². The third-order valence-corrected chi connectivity index (χ3v) is 19.0. The van der Waals surface area contributed by atoms with Gasteiger partial charge in [-0.25, -0.2) is 4.79 Å². The summed E-state index contributed by atoms with van der Waals surface area (Å²) in [4.78, 5) is 43.0. The number of fused-ring (bicyclic) bond motifs is 5. The van der Waals surface area contributed by atoms with Crippen LogP contribution >= 0.6 is 0 Å². The van der Waals surface area contributed by atoms with Gasteiger partial charge in [0.25, 0.3) is 0 Å². The molecule has 2 bridgehead atoms. The van der Waals surface area contributed by atoms with Gasteiger partial charge in [-0.2, -0.15) is 21.6 Å². The highest BCUT2D eigenvalue weighted by Crippen LogP contribution is 2.66. The van der Waals surface area contributed by atoms with Crippen molar-refractivity contribution in [3.05, 3.63) is 59.7 Å². The molecule has 0 radical (unpaired) electrons. The molecule has 2 saturated carbocycles. The van der Waals surface area contributed by atoms with Gasteiger partial charge < -0.3 is 23.7 Å². The van der Waals surface area contributed by atoms with E-state index in [4.69, 9.17) is 22.8 Å². The average Bonchev–Trinajstić information content (AvgIpc) is 3.11. The molecule has 11 nitrogen and oxygen atoms in total. The molecule has 1 aliphatic heterocycles. The van der Waals surface area contributed by atoms with Crippen molar-refractivity contribution in [3.63, 3.8) is 0 Å². The number of hydrogen-bond acceptors (Lipinski definition) is 11. The van der Waals surface area contributed by atoms with E-state index >= 15 is 4.79 Å². The highest BCUT2D eigenvalue weighted by atomic mass is 32.2. The molecule has 5 rings (SSSR count). The van der Waals surface area contributed by atoms with Crippen LogP contribution in [0.1, 0.15) is 85.0 Å². The Bertz CT molecular complexity index is 1820. The maximum atomic E-state index is 15.7. The normalized spacial score (nSPS) is 34.7. The molecular weight excluding hydrogens is 762 g/mol. The number of carbonyl (C=O) groups is 3. The molecule has 55 heavy (non-hydrogen) atoms. The molecule has 0 unspecified atom stereocenters. The van der Waals surface area contributed by atoms with E-state index in [9.17, 15) is 36.3 Å². The third-order valence-electron chi connectivity index (χ3n) is 13.3. The summed E-state index contributed by atoms with van der Waals surface area (Å²) in [5, 5.41) is 13.7. The average molecular weight is 815 g/mol. The number of esters is 2. The molecule has 3 fully saturated rings. The van der Waals surface area contributed by atoms with Gasteiger partial charge in [0.1, 0.15) is 23.6 Å². The largest absolute Gasteiger partial charge is 0.523 e. The predicted octanol–water partition coefficient (Wildman–Crippen LogP) is 6.82. The molecule has 16 heteroatoms. The number of benzene rings is 1. The summed E-state index contributed by atoms with van der Waals surface area (Å²) >= 11 is 0. The summed E-state index contributed by atoms with van der Waals surface area (Å²) < 4.78 is 98.3. The van der Waals surface area contributed by atoms with Crippen molar-refractivity contribution in [3.8, 4) is 0 Å². The number of aliphatic hydroxyl groups is 1. The van der Waals surface area contributed by atoms with Crippen molar-refractivity contribution in [2.45, 2.75) is 134 Å². The first-order valence-corrected chi connectivity index (χ1v) is 22.7. The lowest BCUT2D eigenvalue weighted by molar-refractivity contribution is -0.343. The van der Waals surface area contributed by atoms with Crippen molar-refractivity contribution >= 4 is 36.2 Å². The van der Waals surface area contributed by atoms with E-state index < -0.39 is 113 Å². The Morgan fingerprint density at radius 1 is 1.09 bits per heavy atom. The van der Waals surface area contributed by atoms with E-state index in [1.165, 1.54) is 25.1 Å². The van der Waals surface area contributed by atoms with Crippen LogP contribution in [0.25, 0.3) is 0 Å². The molecule has 9 atom stereocenters. The molecule has 4 aliphatic rings. The predicted molar refractivity (Wildman–Crippen MR) is 197 cm³/mol. The fourth-order valence-corrected chi connectivity index (χ4v) is 13.6. The summed E-state index contributed by atoms with van der Waals surface area (Å²) in [5.74, 6) is -5.45. The van der Waals surface area contributed by atoms with Crippen LogP contribution in [0.4, 0.5) is 13.2 Å². The third kappa shape index (κ3) is 6.75. The van der Waals surface area contributed by atoms with Crippen molar-refractivity contribution in [2.24, 2.45) is 22.7 Å². The molecule has 1 saturated heterocycles. The summed E-state index contributed by atoms with van der Waals surface area (Å²) in [5.41, 5.74) is -12.6. The lowest BCUT2D eigenvalue weighted by Crippen LogP contribution is -2.81. The standard InChI is InChI=1S/C39H53F3O11SSi/c1-10-17-26-30-23(5)27(53-55(11-2,12-3)13-4)21-38(46,35(30,7)8)33(50-34(45)25-18-15-14-16-19-25)31-36(9,32(26)44)28(52-54(47,48)39(40,41)42)20-29-37(31,22-49-29)51-24(6)43/h10,14-16,18-19,26-29,31,33,46H,1,11-13,17,20-22H2,2-9H3/t26-,27+,28+,29-,31+,33+,36-,37+,38-/m1/s1. The highest BCUT2D eigenvalue weighted by Gasteiger charge is 2.78. The Balaban J connectivity index is 1.91. The first-order valence-electron chi connectivity index (χ1n) is 18.8. The summed E-state index contributed by atoms with van der Waals surface area (Å²) in [7, 11) is -8.80. The monoisotopic (exact) mass is 814 g/mol. The highest BCUT2D eigenvalue weighted by molar-refractivity contribution is 7.87. The van der Waals surface area contributed by atoms with Crippen LogP contribution in [-0.4, -0.2) is 87.3 Å². The fraction of sp³-hybridized carbons (Fsp3) is 0.667. The smallest absolute Gasteiger partial charge is 0.455 e. The van der Waals surface area contributed by atoms with Crippen LogP contribution < -0.4 is 0 Å². The molecule has 0 spiro atoms. The molecule has 3 aliphatic carbocycles. The van der Waals surface area contributed by atoms with E-state index in [0.29, 0.717) is 11.1 Å². The second kappa shape index (κ2) is 14.8. The topological polar surface area (TPSA) is 152 Å². The van der Waals surface area contributed by atoms with Gasteiger partial charge in [0, 0.05) is 31.1 Å². The summed E-state index contributed by atoms with van der Waals surface area (Å²) in [6, 6.07) is 10.0. The fourth-order valence-electron chi connectivity index (χ4n) is 10.0. The Morgan fingerprint density at radius 3 is 2.18 bits per heavy atom. The van der Waals surface area contributed by atoms with E-state index in [1.807, 2.05) is 20.8 Å². The molecule has 0 amide bonds. The van der Waals surface area contributed by atoms with E-state index in [1.54, 1.807) is 39.0 Å². The van der Waals surface area contributed by atoms with Gasteiger partial charge in [0.2, 0.25) is 0 Å². The Hall–Kier alpha value is -2.89. The minimum atomic E-state index is -6.34. The number of alkyl halides is 3. The van der Waals surface area contributed by atoms with Crippen LogP contribution in [0.15, 0.2) is 54.1 Å². The number of Topliss-reactive ketones (excluding diaryl/α,β-unsaturated/α-hetero) is 1. The van der Waals surface area contributed by atoms with Gasteiger partial charge in [-0.3, -0.25) is 13.8 Å². The van der Waals surface area contributed by atoms with Gasteiger partial charge in [0.05, 0.1) is 35.7 Å². The van der Waals surface area contributed by atoms with Gasteiger partial charge in [0.15, 0.2) is 13.9 Å². The zero-order valence-corrected chi connectivity index (χ0v) is 34.5. The molecule has 1 aromatic rings. The SMILES string of the molecule is C=CC[C@H]1C(=O)[C@]2(C)[C@@H](OS(=O)(=O)C(F)(F)F)C[C@H]3OC[C@@]3(OC(C)=O)[C@H]2[C@H](OC(=O)c2ccccc2)[C@]2(O)C[C@H](O[Si](CC)(CC)CC)C(C)=C1C2(C)C. The number of halogens is 3. The van der Waals surface area contributed by atoms with Crippen LogP contribution in [0.2, 0.25) is 18.1 Å². The Labute approximate surface area is 322 Å². The van der Waals surface area contributed by atoms with Crippen molar-refractivity contribution in [1.82, 2.24) is 0 Å². The number of rotatable bonds is 12. The number of carbonyl (C=O) groups excluding carboxylic acids is 3. The van der Waals surface area contributed by atoms with Crippen molar-refractivity contribution in [2.75, 3.05) is 6.61 Å². The number of ether oxygens (including phenoxy) is 3. The summed E-state index contributed by atoms with van der Waals surface area (Å²) in [6.07, 6.45) is -5.42. The number of allylic oxidation sites excluding steroid dienone is 1. The van der Waals surface area contributed by atoms with E-state index in [2.05, 4.69) is 6.58 Å². The molecule has 1 aromatic carbocycles. The van der Waals surface area contributed by atoms with Crippen LogP contribution in [0, 0.1) is 22.7 Å². The second-order valence-corrected chi connectivity index (χ2v) is 22.4. The van der Waals surface area contributed by atoms with E-state index in [-0.39, 0.29) is 18.4 Å². The van der Waals surface area contributed by atoms with E-state index in [0.717, 1.165) is 25.1 Å². The van der Waals surface area contributed by atoms with Gasteiger partial charge in [-0.1, -0.05) is 58.9 Å². The Kier molecular flexibility index (Phi) is 11.6. The van der Waals surface area contributed by atoms with Crippen LogP contribution in [-0.2, 0) is 42.5 Å². The number of hydrogen-bond donors (Lipinski definition) is 1. The summed E-state index contributed by atoms with van der Waals surface area (Å²) in [6.45, 7) is 17.2. The Morgan fingerprint density at radius 2 is 1.69 bits per heavy atom. The van der Waals surface area contributed by atoms with Crippen LogP contribution in [0.3, 0.4) is 0 Å². The first-order chi connectivity index (χ1) is 25.5. The molecule has 0 aromatic heterocycles. The minimum absolute atomic E-state index is 0.0552. The zero-order valence-electron chi connectivity index (χ0n) is 32.7. The van der Waals surface area contributed by atoms with Gasteiger partial charge >= 0.3 is 27.6 Å². The lowest BCUT2D eigenvalue weighted by atomic mass is 9.43. The maximum absolute atomic E-state index is 15.7. The van der Waals surface area contributed by atoms with Crippen LogP contribution in [0.5, 0.6) is 0 Å². The lowest BCUT2D eigenvalue weighted by Gasteiger charge is -2.68. The number of ketones is 1. The molecule has 306 valence electrons.